The molecule has 137 valence electrons. The van der Waals surface area contributed by atoms with Crippen LogP contribution in [-0.4, -0.2) is 74.4 Å². The Morgan fingerprint density at radius 1 is 0.792 bits per heavy atom. The molecule has 0 saturated heterocycles. The van der Waals surface area contributed by atoms with E-state index in [0.717, 1.165) is 12.8 Å². The topological polar surface area (TPSA) is 66.4 Å². The van der Waals surface area contributed by atoms with Crippen molar-refractivity contribution in [3.05, 3.63) is 0 Å². The Morgan fingerprint density at radius 3 is 1.54 bits per heavy atom. The number of carbonyl (C=O) groups is 2. The summed E-state index contributed by atoms with van der Waals surface area (Å²) in [7, 11) is 0. The Kier molecular flexibility index (Phi) is 22.2. The fourth-order valence-corrected chi connectivity index (χ4v) is 2.68. The van der Waals surface area contributed by atoms with Gasteiger partial charge in [-0.05, 0) is 13.3 Å². The molecule has 2 N–H and O–H groups in total. The average molecular weight is 367 g/mol. The van der Waals surface area contributed by atoms with E-state index in [1.54, 1.807) is 0 Å². The number of aliphatic carboxylic acids is 1. The molecule has 0 heterocycles. The van der Waals surface area contributed by atoms with Gasteiger partial charge in [0.1, 0.15) is 6.04 Å². The van der Waals surface area contributed by atoms with Crippen molar-refractivity contribution < 1.29 is 14.7 Å². The first-order valence-electron chi connectivity index (χ1n) is 9.60. The van der Waals surface area contributed by atoms with Crippen molar-refractivity contribution in [3.8, 4) is 0 Å². The molecule has 0 aliphatic carbocycles. The summed E-state index contributed by atoms with van der Waals surface area (Å²) in [5, 5.41) is 11.2. The van der Waals surface area contributed by atoms with Crippen LogP contribution < -0.4 is 5.32 Å². The molecule has 0 aromatic heterocycles. The molecule has 0 aromatic rings. The molecule has 0 unspecified atom stereocenters. The zero-order valence-corrected chi connectivity index (χ0v) is 19.4. The molecule has 0 aromatic carbocycles. The van der Waals surface area contributed by atoms with Crippen LogP contribution in [0.5, 0.6) is 0 Å². The molecule has 0 saturated carbocycles. The van der Waals surface area contributed by atoms with Crippen molar-refractivity contribution in [1.82, 2.24) is 5.32 Å². The van der Waals surface area contributed by atoms with E-state index in [9.17, 15) is 9.59 Å². The second-order valence-corrected chi connectivity index (χ2v) is 6.62. The van der Waals surface area contributed by atoms with E-state index in [2.05, 4.69) is 12.2 Å². The van der Waals surface area contributed by atoms with E-state index < -0.39 is 12.0 Å². The summed E-state index contributed by atoms with van der Waals surface area (Å²) in [5.41, 5.74) is 0. The Balaban J connectivity index is 0. The van der Waals surface area contributed by atoms with Gasteiger partial charge >= 0.3 is 5.97 Å². The molecule has 0 rings (SSSR count). The Morgan fingerprint density at radius 2 is 1.17 bits per heavy atom. The van der Waals surface area contributed by atoms with Crippen LogP contribution in [0.4, 0.5) is 0 Å². The summed E-state index contributed by atoms with van der Waals surface area (Å²) in [4.78, 5) is 22.1. The number of carboxylic acid groups (broad SMARTS) is 1. The van der Waals surface area contributed by atoms with Crippen molar-refractivity contribution in [2.75, 3.05) is 0 Å². The molecule has 0 aliphatic heterocycles. The average Bonchev–Trinajstić information content (AvgIpc) is 2.51. The van der Waals surface area contributed by atoms with Crippen molar-refractivity contribution >= 4 is 63.3 Å². The van der Waals surface area contributed by atoms with Gasteiger partial charge < -0.3 is 10.4 Å². The van der Waals surface area contributed by atoms with Crippen LogP contribution >= 0.6 is 0 Å². The Bertz CT molecular complexity index is 311. The molecule has 0 fully saturated rings. The molecule has 4 nitrogen and oxygen atoms in total. The van der Waals surface area contributed by atoms with Crippen LogP contribution in [-0.2, 0) is 9.59 Å². The maximum Gasteiger partial charge on any atom is 0.325 e. The summed E-state index contributed by atoms with van der Waals surface area (Å²) in [6, 6.07) is -0.788. The van der Waals surface area contributed by atoms with Gasteiger partial charge in [0.25, 0.3) is 0 Å². The number of hydrogen-bond donors (Lipinski definition) is 2. The van der Waals surface area contributed by atoms with E-state index in [4.69, 9.17) is 5.11 Å². The van der Waals surface area contributed by atoms with Crippen LogP contribution in [0.15, 0.2) is 0 Å². The van der Waals surface area contributed by atoms with Crippen molar-refractivity contribution in [1.29, 1.82) is 0 Å². The van der Waals surface area contributed by atoms with Crippen LogP contribution in [0.1, 0.15) is 104 Å². The minimum absolute atomic E-state index is 0. The summed E-state index contributed by atoms with van der Waals surface area (Å²) in [6.45, 7) is 3.74. The van der Waals surface area contributed by atoms with Crippen molar-refractivity contribution in [3.63, 3.8) is 0 Å². The number of rotatable bonds is 16. The van der Waals surface area contributed by atoms with Gasteiger partial charge in [0.05, 0.1) is 0 Å². The van der Waals surface area contributed by atoms with Gasteiger partial charge in [0.15, 0.2) is 0 Å². The minimum Gasteiger partial charge on any atom is -0.480 e. The van der Waals surface area contributed by atoms with Gasteiger partial charge in [-0.3, -0.25) is 9.59 Å². The van der Waals surface area contributed by atoms with Gasteiger partial charge in [0, 0.05) is 57.8 Å². The zero-order valence-electron chi connectivity index (χ0n) is 16.2. The molecule has 0 aliphatic rings. The van der Waals surface area contributed by atoms with Gasteiger partial charge in [0.2, 0.25) is 5.91 Å². The first kappa shape index (κ1) is 26.8. The quantitative estimate of drug-likeness (QED) is 0.308. The standard InChI is InChI=1S/C19H37NO3.K/c1-3-4-5-6-7-8-9-10-11-12-13-14-15-16-18(21)20-17(2)19(22)23;/h17H,3-16H2,1-2H3,(H,20,21)(H,22,23);/t17-;/m0./s1. The number of carboxylic acids is 1. The molecule has 1 atom stereocenters. The van der Waals surface area contributed by atoms with Gasteiger partial charge in [-0.2, -0.15) is 0 Å². The summed E-state index contributed by atoms with van der Waals surface area (Å²) >= 11 is 0. The summed E-state index contributed by atoms with van der Waals surface area (Å²) < 4.78 is 0. The summed E-state index contributed by atoms with van der Waals surface area (Å²) in [5.74, 6) is -1.13. The predicted molar refractivity (Wildman–Crippen MR) is 101 cm³/mol. The molecular weight excluding hydrogens is 329 g/mol. The van der Waals surface area contributed by atoms with Crippen molar-refractivity contribution in [2.45, 2.75) is 110 Å². The van der Waals surface area contributed by atoms with Gasteiger partial charge in [-0.1, -0.05) is 84.0 Å². The number of carbonyl (C=O) groups excluding carboxylic acids is 1. The molecule has 0 spiro atoms. The molecule has 1 radical (unpaired) electrons. The van der Waals surface area contributed by atoms with E-state index in [1.165, 1.54) is 77.6 Å². The molecule has 5 heteroatoms. The largest absolute Gasteiger partial charge is 0.480 e. The number of hydrogen-bond acceptors (Lipinski definition) is 2. The SMILES string of the molecule is CCCCCCCCCCCCCCCC(=O)N[C@@H](C)C(=O)O.[K]. The second-order valence-electron chi connectivity index (χ2n) is 6.62. The maximum atomic E-state index is 11.5. The Hall–Kier alpha value is 0.576. The third-order valence-electron chi connectivity index (χ3n) is 4.26. The van der Waals surface area contributed by atoms with E-state index in [0.29, 0.717) is 6.42 Å². The zero-order chi connectivity index (χ0) is 17.3. The summed E-state index contributed by atoms with van der Waals surface area (Å²) in [6.07, 6.45) is 17.1. The molecular formula is C19H37KNO3. The molecule has 0 bridgehead atoms. The smallest absolute Gasteiger partial charge is 0.325 e. The van der Waals surface area contributed by atoms with Crippen LogP contribution in [0, 0.1) is 0 Å². The van der Waals surface area contributed by atoms with E-state index in [1.807, 2.05) is 0 Å². The minimum atomic E-state index is -0.983. The maximum absolute atomic E-state index is 11.5. The fraction of sp³-hybridized carbons (Fsp3) is 0.895. The second kappa shape index (κ2) is 19.9. The van der Waals surface area contributed by atoms with Gasteiger partial charge in [-0.25, -0.2) is 0 Å². The molecule has 24 heavy (non-hydrogen) atoms. The van der Waals surface area contributed by atoms with Gasteiger partial charge in [-0.15, -0.1) is 0 Å². The van der Waals surface area contributed by atoms with Crippen molar-refractivity contribution in [2.24, 2.45) is 0 Å². The number of unbranched alkanes of at least 4 members (excludes halogenated alkanes) is 12. The number of amides is 1. The monoisotopic (exact) mass is 366 g/mol. The van der Waals surface area contributed by atoms with Crippen LogP contribution in [0.2, 0.25) is 0 Å². The van der Waals surface area contributed by atoms with Crippen LogP contribution in [0.25, 0.3) is 0 Å². The fourth-order valence-electron chi connectivity index (χ4n) is 2.68. The predicted octanol–water partition coefficient (Wildman–Crippen LogP) is 4.68. The van der Waals surface area contributed by atoms with E-state index >= 15 is 0 Å². The third-order valence-corrected chi connectivity index (χ3v) is 4.26. The first-order valence-corrected chi connectivity index (χ1v) is 9.60. The normalized spacial score (nSPS) is 11.6. The van der Waals surface area contributed by atoms with Crippen LogP contribution in [0.3, 0.4) is 0 Å². The first-order chi connectivity index (χ1) is 11.1. The third kappa shape index (κ3) is 18.9. The Labute approximate surface area is 191 Å². The molecule has 1 amide bonds. The van der Waals surface area contributed by atoms with E-state index in [-0.39, 0.29) is 57.3 Å². The number of nitrogens with one attached hydrogen (secondary N) is 1.